The number of rotatable bonds is 2. The second-order valence-electron chi connectivity index (χ2n) is 4.22. The first-order chi connectivity index (χ1) is 7.95. The second-order valence-corrected chi connectivity index (χ2v) is 4.99. The first-order valence-electron chi connectivity index (χ1n) is 5.19. The van der Waals surface area contributed by atoms with Gasteiger partial charge in [0.2, 0.25) is 5.85 Å². The number of nitrogens with zero attached hydrogens (tertiary/aromatic N) is 1. The number of aromatic nitrogens is 2. The number of hydrogen-bond acceptors (Lipinski definition) is 3. The molecule has 7 heteroatoms. The predicted molar refractivity (Wildman–Crippen MR) is 68.0 cm³/mol. The molecule has 0 unspecified atom stereocenters. The van der Waals surface area contributed by atoms with E-state index in [1.54, 1.807) is 0 Å². The molecule has 1 N–H and O–H groups in total. The summed E-state index contributed by atoms with van der Waals surface area (Å²) in [4.78, 5) is 24.6. The molecule has 1 aromatic heterocycles. The number of nitrogens with one attached hydrogen (secondary N) is 1. The summed E-state index contributed by atoms with van der Waals surface area (Å²) >= 11 is 1.91. The lowest BCUT2D eigenvalue weighted by Gasteiger charge is -2.19. The van der Waals surface area contributed by atoms with Gasteiger partial charge < -0.3 is 4.74 Å². The molecule has 1 aromatic rings. The normalized spacial score (nSPS) is 32.9. The zero-order valence-electron chi connectivity index (χ0n) is 9.15. The standard InChI is InChI=1S/C10H12FIN2O3/c1-6-4-10(11,5-12)17-8(6)14-3-2-7(15)13-9(14)16/h2-3,6,8H,4-5H2,1H3,(H,13,15,16)/t6-,8-,10+/m1/s1. The third kappa shape index (κ3) is 2.44. The fourth-order valence-electron chi connectivity index (χ4n) is 2.01. The Bertz CT molecular complexity index is 529. The molecule has 2 rings (SSSR count). The molecule has 1 aliphatic heterocycles. The van der Waals surface area contributed by atoms with Gasteiger partial charge in [0.25, 0.3) is 5.56 Å². The zero-order chi connectivity index (χ0) is 12.6. The van der Waals surface area contributed by atoms with Crippen LogP contribution in [-0.4, -0.2) is 19.8 Å². The highest BCUT2D eigenvalue weighted by Gasteiger charge is 2.45. The maximum Gasteiger partial charge on any atom is 0.330 e. The van der Waals surface area contributed by atoms with Crippen LogP contribution in [0.2, 0.25) is 0 Å². The summed E-state index contributed by atoms with van der Waals surface area (Å²) in [7, 11) is 0. The van der Waals surface area contributed by atoms with Gasteiger partial charge in [-0.25, -0.2) is 9.18 Å². The summed E-state index contributed by atoms with van der Waals surface area (Å²) < 4.78 is 20.7. The lowest BCUT2D eigenvalue weighted by molar-refractivity contribution is -0.140. The quantitative estimate of drug-likeness (QED) is 0.641. The van der Waals surface area contributed by atoms with E-state index >= 15 is 0 Å². The van der Waals surface area contributed by atoms with E-state index in [-0.39, 0.29) is 16.8 Å². The van der Waals surface area contributed by atoms with Crippen molar-refractivity contribution in [1.82, 2.24) is 9.55 Å². The van der Waals surface area contributed by atoms with Gasteiger partial charge in [-0.15, -0.1) is 0 Å². The van der Waals surface area contributed by atoms with Crippen LogP contribution in [0.1, 0.15) is 19.6 Å². The van der Waals surface area contributed by atoms with Crippen LogP contribution in [0.4, 0.5) is 4.39 Å². The van der Waals surface area contributed by atoms with E-state index in [1.165, 1.54) is 16.8 Å². The Morgan fingerprint density at radius 3 is 2.94 bits per heavy atom. The third-order valence-electron chi connectivity index (χ3n) is 2.77. The topological polar surface area (TPSA) is 64.1 Å². The monoisotopic (exact) mass is 354 g/mol. The van der Waals surface area contributed by atoms with Crippen LogP contribution in [-0.2, 0) is 4.74 Å². The Morgan fingerprint density at radius 2 is 2.41 bits per heavy atom. The van der Waals surface area contributed by atoms with E-state index in [0.717, 1.165) is 0 Å². The molecular weight excluding hydrogens is 342 g/mol. The van der Waals surface area contributed by atoms with Crippen LogP contribution in [0, 0.1) is 5.92 Å². The lowest BCUT2D eigenvalue weighted by atomic mass is 10.1. The summed E-state index contributed by atoms with van der Waals surface area (Å²) in [5, 5.41) is 0. The summed E-state index contributed by atoms with van der Waals surface area (Å²) in [6.07, 6.45) is 0.909. The number of ether oxygens (including phenoxy) is 1. The van der Waals surface area contributed by atoms with Gasteiger partial charge in [-0.1, -0.05) is 29.5 Å². The molecule has 3 atom stereocenters. The molecule has 2 heterocycles. The molecule has 1 aliphatic rings. The Balaban J connectivity index is 2.35. The highest BCUT2D eigenvalue weighted by molar-refractivity contribution is 14.1. The fourth-order valence-corrected chi connectivity index (χ4v) is 2.50. The lowest BCUT2D eigenvalue weighted by Crippen LogP contribution is -2.34. The van der Waals surface area contributed by atoms with Gasteiger partial charge in [0.1, 0.15) is 6.23 Å². The van der Waals surface area contributed by atoms with Gasteiger partial charge in [0.15, 0.2) is 0 Å². The Kier molecular flexibility index (Phi) is 3.39. The van der Waals surface area contributed by atoms with Crippen molar-refractivity contribution in [2.24, 2.45) is 5.92 Å². The molecule has 1 saturated heterocycles. The van der Waals surface area contributed by atoms with Crippen molar-refractivity contribution in [3.8, 4) is 0 Å². The predicted octanol–water partition coefficient (Wildman–Crippen LogP) is 1.19. The van der Waals surface area contributed by atoms with Crippen molar-refractivity contribution in [2.45, 2.75) is 25.4 Å². The molecule has 1 fully saturated rings. The van der Waals surface area contributed by atoms with Crippen molar-refractivity contribution in [3.05, 3.63) is 33.1 Å². The number of aromatic amines is 1. The van der Waals surface area contributed by atoms with Crippen molar-refractivity contribution < 1.29 is 9.13 Å². The van der Waals surface area contributed by atoms with E-state index in [9.17, 15) is 14.0 Å². The van der Waals surface area contributed by atoms with E-state index in [1.807, 2.05) is 29.5 Å². The Morgan fingerprint density at radius 1 is 1.71 bits per heavy atom. The SMILES string of the molecule is C[C@@H]1C[C@@](F)(CI)O[C@H]1n1ccc(=O)[nH]c1=O. The number of alkyl halides is 2. The van der Waals surface area contributed by atoms with Crippen LogP contribution in [0.25, 0.3) is 0 Å². The maximum atomic E-state index is 14.0. The zero-order valence-corrected chi connectivity index (χ0v) is 11.3. The van der Waals surface area contributed by atoms with Crippen LogP contribution in [0.15, 0.2) is 21.9 Å². The third-order valence-corrected chi connectivity index (χ3v) is 3.91. The molecule has 94 valence electrons. The first-order valence-corrected chi connectivity index (χ1v) is 6.72. The highest BCUT2D eigenvalue weighted by Crippen LogP contribution is 2.42. The molecule has 0 saturated carbocycles. The van der Waals surface area contributed by atoms with Crippen LogP contribution in [0.5, 0.6) is 0 Å². The van der Waals surface area contributed by atoms with E-state index in [2.05, 4.69) is 4.98 Å². The minimum atomic E-state index is -1.69. The molecule has 0 bridgehead atoms. The van der Waals surface area contributed by atoms with Crippen molar-refractivity contribution >= 4 is 22.6 Å². The van der Waals surface area contributed by atoms with E-state index < -0.39 is 23.3 Å². The van der Waals surface area contributed by atoms with Crippen molar-refractivity contribution in [1.29, 1.82) is 0 Å². The first kappa shape index (κ1) is 12.7. The summed E-state index contributed by atoms with van der Waals surface area (Å²) in [5.74, 6) is -1.82. The van der Waals surface area contributed by atoms with Gasteiger partial charge in [-0.2, -0.15) is 0 Å². The van der Waals surface area contributed by atoms with Crippen molar-refractivity contribution in [3.63, 3.8) is 0 Å². The van der Waals surface area contributed by atoms with E-state index in [4.69, 9.17) is 4.74 Å². The van der Waals surface area contributed by atoms with E-state index in [0.29, 0.717) is 0 Å². The van der Waals surface area contributed by atoms with Gasteiger partial charge in [-0.3, -0.25) is 14.3 Å². The van der Waals surface area contributed by atoms with Gasteiger partial charge >= 0.3 is 5.69 Å². The smallest absolute Gasteiger partial charge is 0.321 e. The molecule has 17 heavy (non-hydrogen) atoms. The molecule has 0 amide bonds. The summed E-state index contributed by atoms with van der Waals surface area (Å²) in [6, 6.07) is 1.22. The van der Waals surface area contributed by atoms with Crippen LogP contribution in [0.3, 0.4) is 0 Å². The minimum absolute atomic E-state index is 0.127. The molecule has 5 nitrogen and oxygen atoms in total. The molecule has 0 aromatic carbocycles. The fraction of sp³-hybridized carbons (Fsp3) is 0.600. The Hall–Kier alpha value is -0.700. The average Bonchev–Trinajstić information content (AvgIpc) is 2.55. The van der Waals surface area contributed by atoms with Gasteiger partial charge in [0, 0.05) is 24.6 Å². The van der Waals surface area contributed by atoms with Crippen LogP contribution < -0.4 is 11.2 Å². The minimum Gasteiger partial charge on any atom is -0.321 e. The maximum absolute atomic E-state index is 14.0. The number of halogens is 2. The summed E-state index contributed by atoms with van der Waals surface area (Å²) in [6.45, 7) is 1.82. The molecule has 0 radical (unpaired) electrons. The highest BCUT2D eigenvalue weighted by atomic mass is 127. The van der Waals surface area contributed by atoms with Crippen molar-refractivity contribution in [2.75, 3.05) is 4.43 Å². The van der Waals surface area contributed by atoms with Gasteiger partial charge in [0.05, 0.1) is 4.43 Å². The number of H-pyrrole nitrogens is 1. The largest absolute Gasteiger partial charge is 0.330 e. The average molecular weight is 354 g/mol. The molecular formula is C10H12FIN2O3. The Labute approximate surface area is 110 Å². The van der Waals surface area contributed by atoms with Crippen LogP contribution >= 0.6 is 22.6 Å². The second kappa shape index (κ2) is 4.52. The molecule has 0 spiro atoms. The van der Waals surface area contributed by atoms with Gasteiger partial charge in [-0.05, 0) is 0 Å². The molecule has 0 aliphatic carbocycles. The summed E-state index contributed by atoms with van der Waals surface area (Å²) in [5.41, 5.74) is -1.05. The number of hydrogen-bond donors (Lipinski definition) is 1.